The van der Waals surface area contributed by atoms with Gasteiger partial charge in [-0.25, -0.2) is 4.98 Å². The molecule has 5 heteroatoms. The first-order chi connectivity index (χ1) is 14.6. The van der Waals surface area contributed by atoms with Crippen LogP contribution >= 0.6 is 0 Å². The molecule has 1 unspecified atom stereocenters. The van der Waals surface area contributed by atoms with Gasteiger partial charge < -0.3 is 9.32 Å². The molecule has 0 radical (unpaired) electrons. The normalized spacial score (nSPS) is 17.4. The zero-order valence-corrected chi connectivity index (χ0v) is 18.2. The Morgan fingerprint density at radius 1 is 1.17 bits per heavy atom. The molecule has 1 aliphatic heterocycles. The highest BCUT2D eigenvalue weighted by Gasteiger charge is 2.29. The molecule has 3 aromatic rings. The molecule has 0 bridgehead atoms. The highest BCUT2D eigenvalue weighted by atomic mass is 16.4. The van der Waals surface area contributed by atoms with Crippen LogP contribution in [-0.2, 0) is 11.3 Å². The third-order valence-electron chi connectivity index (χ3n) is 6.19. The van der Waals surface area contributed by atoms with Gasteiger partial charge in [0, 0.05) is 31.7 Å². The van der Waals surface area contributed by atoms with Crippen LogP contribution < -0.4 is 0 Å². The molecule has 0 saturated carbocycles. The van der Waals surface area contributed by atoms with E-state index in [1.807, 2.05) is 24.0 Å². The van der Waals surface area contributed by atoms with Crippen molar-refractivity contribution < 1.29 is 9.21 Å². The van der Waals surface area contributed by atoms with E-state index in [0.717, 1.165) is 62.6 Å². The van der Waals surface area contributed by atoms with E-state index in [0.29, 0.717) is 11.8 Å². The van der Waals surface area contributed by atoms with Crippen molar-refractivity contribution in [1.82, 2.24) is 14.8 Å². The molecule has 4 rings (SSSR count). The summed E-state index contributed by atoms with van der Waals surface area (Å²) in [7, 11) is 0. The molecule has 30 heavy (non-hydrogen) atoms. The van der Waals surface area contributed by atoms with Crippen LogP contribution in [0, 0.1) is 12.8 Å². The summed E-state index contributed by atoms with van der Waals surface area (Å²) in [6, 6.07) is 14.6. The molecular weight excluding hydrogens is 374 g/mol. The molecule has 1 atom stereocenters. The first kappa shape index (κ1) is 20.6. The Morgan fingerprint density at radius 3 is 2.70 bits per heavy atom. The van der Waals surface area contributed by atoms with E-state index in [2.05, 4.69) is 49.1 Å². The molecule has 1 aliphatic rings. The lowest BCUT2D eigenvalue weighted by Crippen LogP contribution is -2.44. The van der Waals surface area contributed by atoms with E-state index in [-0.39, 0.29) is 5.92 Å². The van der Waals surface area contributed by atoms with Crippen molar-refractivity contribution in [2.45, 2.75) is 40.2 Å². The van der Waals surface area contributed by atoms with Crippen LogP contribution in [0.15, 0.2) is 46.9 Å². The third kappa shape index (κ3) is 4.26. The summed E-state index contributed by atoms with van der Waals surface area (Å²) in [6.45, 7) is 10.2. The van der Waals surface area contributed by atoms with Crippen molar-refractivity contribution in [2.24, 2.45) is 5.92 Å². The van der Waals surface area contributed by atoms with Crippen molar-refractivity contribution in [3.8, 4) is 11.5 Å². The van der Waals surface area contributed by atoms with Crippen molar-refractivity contribution in [2.75, 3.05) is 26.2 Å². The average Bonchev–Trinajstić information content (AvgIpc) is 3.14. The summed E-state index contributed by atoms with van der Waals surface area (Å²) in [5, 5.41) is 2.39. The first-order valence-electron chi connectivity index (χ1n) is 11.1. The van der Waals surface area contributed by atoms with E-state index >= 15 is 0 Å². The largest absolute Gasteiger partial charge is 0.441 e. The quantitative estimate of drug-likeness (QED) is 0.586. The van der Waals surface area contributed by atoms with Crippen LogP contribution in [0.3, 0.4) is 0 Å². The van der Waals surface area contributed by atoms with Gasteiger partial charge >= 0.3 is 0 Å². The van der Waals surface area contributed by atoms with Gasteiger partial charge in [-0.1, -0.05) is 30.3 Å². The Balaban J connectivity index is 1.48. The van der Waals surface area contributed by atoms with Gasteiger partial charge in [0.1, 0.15) is 5.76 Å². The molecule has 0 spiro atoms. The topological polar surface area (TPSA) is 49.6 Å². The molecular formula is C25H31N3O2. The maximum atomic E-state index is 12.8. The first-order valence-corrected chi connectivity index (χ1v) is 11.1. The van der Waals surface area contributed by atoms with Gasteiger partial charge in [-0.05, 0) is 63.1 Å². The predicted octanol–water partition coefficient (Wildman–Crippen LogP) is 4.88. The molecule has 1 aromatic heterocycles. The average molecular weight is 406 g/mol. The van der Waals surface area contributed by atoms with Gasteiger partial charge in [-0.3, -0.25) is 9.69 Å². The van der Waals surface area contributed by atoms with Gasteiger partial charge in [0.25, 0.3) is 0 Å². The molecule has 1 amide bonds. The number of likely N-dealkylation sites (tertiary alicyclic amines) is 1. The molecule has 158 valence electrons. The third-order valence-corrected chi connectivity index (χ3v) is 6.19. The van der Waals surface area contributed by atoms with E-state index in [1.54, 1.807) is 0 Å². The number of hydrogen-bond donors (Lipinski definition) is 0. The number of rotatable bonds is 6. The fraction of sp³-hybridized carbons (Fsp3) is 0.440. The Morgan fingerprint density at radius 2 is 1.93 bits per heavy atom. The van der Waals surface area contributed by atoms with Gasteiger partial charge in [0.2, 0.25) is 11.8 Å². The smallest absolute Gasteiger partial charge is 0.226 e. The van der Waals surface area contributed by atoms with Gasteiger partial charge in [0.15, 0.2) is 0 Å². The maximum Gasteiger partial charge on any atom is 0.226 e. The number of carbonyl (C=O) groups excluding carboxylic acids is 1. The number of amides is 1. The van der Waals surface area contributed by atoms with E-state index in [9.17, 15) is 4.79 Å². The van der Waals surface area contributed by atoms with Crippen LogP contribution in [0.5, 0.6) is 0 Å². The second kappa shape index (κ2) is 9.00. The molecule has 2 heterocycles. The van der Waals surface area contributed by atoms with E-state index < -0.39 is 0 Å². The number of carbonyl (C=O) groups is 1. The molecule has 1 fully saturated rings. The number of oxazole rings is 1. The lowest BCUT2D eigenvalue weighted by molar-refractivity contribution is -0.137. The minimum atomic E-state index is 0.0887. The van der Waals surface area contributed by atoms with Crippen molar-refractivity contribution in [3.63, 3.8) is 0 Å². The number of benzene rings is 2. The monoisotopic (exact) mass is 405 g/mol. The summed E-state index contributed by atoms with van der Waals surface area (Å²) >= 11 is 0. The highest BCUT2D eigenvalue weighted by molar-refractivity contribution is 5.86. The summed E-state index contributed by atoms with van der Waals surface area (Å²) in [5.41, 5.74) is 1.96. The number of piperidine rings is 1. The fourth-order valence-electron chi connectivity index (χ4n) is 4.43. The molecule has 5 nitrogen and oxygen atoms in total. The van der Waals surface area contributed by atoms with Crippen molar-refractivity contribution in [3.05, 3.63) is 53.9 Å². The standard InChI is InChI=1S/C25H31N3O2/c1-4-28(5-2)25(29)22-11-8-14-27(16-22)17-23-18(3)30-24(26-23)21-13-12-19-9-6-7-10-20(19)15-21/h6-7,9-10,12-13,15,22H,4-5,8,11,14,16-17H2,1-3H3. The zero-order valence-electron chi connectivity index (χ0n) is 18.2. The second-order valence-electron chi connectivity index (χ2n) is 8.17. The number of aromatic nitrogens is 1. The predicted molar refractivity (Wildman–Crippen MR) is 120 cm³/mol. The van der Waals surface area contributed by atoms with Crippen LogP contribution in [0.2, 0.25) is 0 Å². The van der Waals surface area contributed by atoms with Crippen molar-refractivity contribution >= 4 is 16.7 Å². The van der Waals surface area contributed by atoms with Gasteiger partial charge in [0.05, 0.1) is 11.6 Å². The minimum Gasteiger partial charge on any atom is -0.441 e. The number of fused-ring (bicyclic) bond motifs is 1. The summed E-state index contributed by atoms with van der Waals surface area (Å²) in [4.78, 5) is 21.9. The summed E-state index contributed by atoms with van der Waals surface area (Å²) in [6.07, 6.45) is 2.03. The summed E-state index contributed by atoms with van der Waals surface area (Å²) in [5.74, 6) is 1.90. The maximum absolute atomic E-state index is 12.8. The Labute approximate surface area is 178 Å². The summed E-state index contributed by atoms with van der Waals surface area (Å²) < 4.78 is 6.03. The highest BCUT2D eigenvalue weighted by Crippen LogP contribution is 2.27. The van der Waals surface area contributed by atoms with Crippen molar-refractivity contribution in [1.29, 1.82) is 0 Å². The SMILES string of the molecule is CCN(CC)C(=O)C1CCCN(Cc2nc(-c3ccc4ccccc4c3)oc2C)C1. The Bertz CT molecular complexity index is 1020. The molecule has 0 N–H and O–H groups in total. The van der Waals surface area contributed by atoms with Crippen LogP contribution in [-0.4, -0.2) is 46.9 Å². The second-order valence-corrected chi connectivity index (χ2v) is 8.17. The molecule has 0 aliphatic carbocycles. The molecule has 2 aromatic carbocycles. The zero-order chi connectivity index (χ0) is 21.1. The Kier molecular flexibility index (Phi) is 6.18. The van der Waals surface area contributed by atoms with Crippen LogP contribution in [0.4, 0.5) is 0 Å². The lowest BCUT2D eigenvalue weighted by Gasteiger charge is -2.34. The van der Waals surface area contributed by atoms with Gasteiger partial charge in [-0.15, -0.1) is 0 Å². The van der Waals surface area contributed by atoms with E-state index in [1.165, 1.54) is 10.8 Å². The van der Waals surface area contributed by atoms with Crippen LogP contribution in [0.1, 0.15) is 38.1 Å². The number of hydrogen-bond acceptors (Lipinski definition) is 4. The number of aryl methyl sites for hydroxylation is 1. The van der Waals surface area contributed by atoms with Gasteiger partial charge in [-0.2, -0.15) is 0 Å². The minimum absolute atomic E-state index is 0.0887. The number of nitrogens with zero attached hydrogens (tertiary/aromatic N) is 3. The Hall–Kier alpha value is -2.66. The fourth-order valence-corrected chi connectivity index (χ4v) is 4.43. The lowest BCUT2D eigenvalue weighted by atomic mass is 9.96. The van der Waals surface area contributed by atoms with Crippen LogP contribution in [0.25, 0.3) is 22.2 Å². The van der Waals surface area contributed by atoms with E-state index in [4.69, 9.17) is 9.40 Å². The molecule has 1 saturated heterocycles.